The molecule has 21 heavy (non-hydrogen) atoms. The van der Waals surface area contributed by atoms with Gasteiger partial charge in [-0.25, -0.2) is 4.39 Å². The number of benzene rings is 1. The zero-order valence-corrected chi connectivity index (χ0v) is 13.6. The normalized spacial score (nSPS) is 22.8. The van der Waals surface area contributed by atoms with Crippen LogP contribution in [-0.4, -0.2) is 23.9 Å². The molecule has 5 heteroatoms. The van der Waals surface area contributed by atoms with Crippen molar-refractivity contribution in [1.29, 1.82) is 0 Å². The molecule has 1 amide bonds. The molecule has 1 aliphatic heterocycles. The van der Waals surface area contributed by atoms with Crippen molar-refractivity contribution in [1.82, 2.24) is 4.90 Å². The van der Waals surface area contributed by atoms with Crippen LogP contribution in [0.1, 0.15) is 29.9 Å². The summed E-state index contributed by atoms with van der Waals surface area (Å²) in [5.74, 6) is 0.672. The van der Waals surface area contributed by atoms with Crippen molar-refractivity contribution in [3.8, 4) is 0 Å². The smallest absolute Gasteiger partial charge is 0.265 e. The first-order valence-corrected chi connectivity index (χ1v) is 8.32. The Bertz CT molecular complexity index is 689. The molecule has 0 bridgehead atoms. The van der Waals surface area contributed by atoms with Gasteiger partial charge < -0.3 is 4.90 Å². The Hall–Kier alpha value is -1.13. The zero-order valence-electron chi connectivity index (χ0n) is 12.0. The molecule has 1 aromatic carbocycles. The number of carbonyl (C=O) groups excluding carboxylic acids is 1. The van der Waals surface area contributed by atoms with Crippen LogP contribution >= 0.6 is 22.9 Å². The summed E-state index contributed by atoms with van der Waals surface area (Å²) in [6.45, 7) is 5.86. The van der Waals surface area contributed by atoms with Crippen LogP contribution in [0.3, 0.4) is 0 Å². The maximum atomic E-state index is 13.3. The van der Waals surface area contributed by atoms with Gasteiger partial charge in [-0.1, -0.05) is 25.4 Å². The number of thiophene rings is 1. The number of likely N-dealkylation sites (tertiary alicyclic amines) is 1. The summed E-state index contributed by atoms with van der Waals surface area (Å²) in [6.07, 6.45) is 1.15. The van der Waals surface area contributed by atoms with E-state index in [2.05, 4.69) is 13.8 Å². The lowest BCUT2D eigenvalue weighted by Gasteiger charge is -2.34. The first kappa shape index (κ1) is 14.8. The second kappa shape index (κ2) is 5.58. The molecule has 0 radical (unpaired) electrons. The molecule has 2 nitrogen and oxygen atoms in total. The van der Waals surface area contributed by atoms with E-state index in [4.69, 9.17) is 11.6 Å². The van der Waals surface area contributed by atoms with Gasteiger partial charge in [0.25, 0.3) is 5.91 Å². The van der Waals surface area contributed by atoms with Gasteiger partial charge in [0.2, 0.25) is 0 Å². The molecule has 2 atom stereocenters. The molecule has 2 heterocycles. The number of rotatable bonds is 1. The third kappa shape index (κ3) is 2.79. The lowest BCUT2D eigenvalue weighted by Crippen LogP contribution is -2.42. The highest BCUT2D eigenvalue weighted by atomic mass is 35.5. The monoisotopic (exact) mass is 325 g/mol. The summed E-state index contributed by atoms with van der Waals surface area (Å²) in [6, 6.07) is 4.45. The quantitative estimate of drug-likeness (QED) is 0.736. The van der Waals surface area contributed by atoms with Crippen LogP contribution in [0.2, 0.25) is 5.02 Å². The van der Waals surface area contributed by atoms with Gasteiger partial charge >= 0.3 is 0 Å². The van der Waals surface area contributed by atoms with Crippen molar-refractivity contribution in [3.05, 3.63) is 33.9 Å². The van der Waals surface area contributed by atoms with Crippen LogP contribution < -0.4 is 0 Å². The highest BCUT2D eigenvalue weighted by Crippen LogP contribution is 2.37. The third-order valence-electron chi connectivity index (χ3n) is 3.94. The summed E-state index contributed by atoms with van der Waals surface area (Å²) >= 11 is 7.62. The Balaban J connectivity index is 1.96. The molecule has 1 aromatic heterocycles. The second-order valence-corrected chi connectivity index (χ2v) is 7.47. The zero-order chi connectivity index (χ0) is 15.1. The van der Waals surface area contributed by atoms with Crippen molar-refractivity contribution in [2.45, 2.75) is 20.3 Å². The fraction of sp³-hybridized carbons (Fsp3) is 0.438. The predicted molar refractivity (Wildman–Crippen MR) is 85.6 cm³/mol. The molecule has 112 valence electrons. The molecule has 0 aliphatic carbocycles. The van der Waals surface area contributed by atoms with Crippen LogP contribution in [0.5, 0.6) is 0 Å². The predicted octanol–water partition coefficient (Wildman–Crippen LogP) is 4.81. The van der Waals surface area contributed by atoms with Crippen molar-refractivity contribution in [3.63, 3.8) is 0 Å². The van der Waals surface area contributed by atoms with E-state index in [1.807, 2.05) is 4.90 Å². The van der Waals surface area contributed by atoms with Crippen LogP contribution in [0, 0.1) is 17.7 Å². The van der Waals surface area contributed by atoms with Crippen LogP contribution in [0.4, 0.5) is 4.39 Å². The van der Waals surface area contributed by atoms with Crippen molar-refractivity contribution < 1.29 is 9.18 Å². The van der Waals surface area contributed by atoms with Gasteiger partial charge in [-0.15, -0.1) is 11.3 Å². The van der Waals surface area contributed by atoms with Crippen LogP contribution in [0.15, 0.2) is 18.2 Å². The largest absolute Gasteiger partial charge is 0.337 e. The van der Waals surface area contributed by atoms with E-state index in [0.29, 0.717) is 21.7 Å². The lowest BCUT2D eigenvalue weighted by atomic mass is 9.92. The second-order valence-electron chi connectivity index (χ2n) is 6.04. The first-order chi connectivity index (χ1) is 9.95. The summed E-state index contributed by atoms with van der Waals surface area (Å²) in [5.41, 5.74) is 0. The SMILES string of the molecule is CC1CC(C)CN(C(=O)c2sc3cc(F)ccc3c2Cl)C1. The van der Waals surface area contributed by atoms with Gasteiger partial charge in [0.1, 0.15) is 10.7 Å². The molecule has 1 aliphatic rings. The number of hydrogen-bond donors (Lipinski definition) is 0. The minimum absolute atomic E-state index is 0.0278. The summed E-state index contributed by atoms with van der Waals surface area (Å²) < 4.78 is 14.0. The number of nitrogens with zero attached hydrogens (tertiary/aromatic N) is 1. The third-order valence-corrected chi connectivity index (χ3v) is 5.59. The molecule has 2 aromatic rings. The summed E-state index contributed by atoms with van der Waals surface area (Å²) in [5, 5.41) is 1.20. The summed E-state index contributed by atoms with van der Waals surface area (Å²) in [7, 11) is 0. The maximum absolute atomic E-state index is 13.3. The average molecular weight is 326 g/mol. The number of carbonyl (C=O) groups is 1. The molecule has 0 N–H and O–H groups in total. The first-order valence-electron chi connectivity index (χ1n) is 7.12. The van der Waals surface area contributed by atoms with E-state index in [9.17, 15) is 9.18 Å². The maximum Gasteiger partial charge on any atom is 0.265 e. The molecule has 1 saturated heterocycles. The number of hydrogen-bond acceptors (Lipinski definition) is 2. The molecule has 0 spiro atoms. The van der Waals surface area contributed by atoms with E-state index in [1.165, 1.54) is 23.5 Å². The minimum atomic E-state index is -0.306. The Kier molecular flexibility index (Phi) is 3.93. The highest BCUT2D eigenvalue weighted by molar-refractivity contribution is 7.21. The number of fused-ring (bicyclic) bond motifs is 1. The van der Waals surface area contributed by atoms with E-state index in [0.717, 1.165) is 29.6 Å². The molecular weight excluding hydrogens is 309 g/mol. The van der Waals surface area contributed by atoms with Gasteiger partial charge in [-0.05, 0) is 36.5 Å². The van der Waals surface area contributed by atoms with E-state index in [-0.39, 0.29) is 11.7 Å². The van der Waals surface area contributed by atoms with Crippen LogP contribution in [0.25, 0.3) is 10.1 Å². The van der Waals surface area contributed by atoms with Gasteiger partial charge in [-0.3, -0.25) is 4.79 Å². The molecule has 1 fully saturated rings. The summed E-state index contributed by atoms with van der Waals surface area (Å²) in [4.78, 5) is 15.1. The number of piperidine rings is 1. The Labute approximate surface area is 132 Å². The van der Waals surface area contributed by atoms with Gasteiger partial charge in [-0.2, -0.15) is 0 Å². The molecular formula is C16H17ClFNOS. The molecule has 0 saturated carbocycles. The Morgan fingerprint density at radius 2 is 2.00 bits per heavy atom. The molecule has 3 rings (SSSR count). The van der Waals surface area contributed by atoms with Crippen molar-refractivity contribution >= 4 is 38.9 Å². The van der Waals surface area contributed by atoms with E-state index < -0.39 is 0 Å². The van der Waals surface area contributed by atoms with Gasteiger partial charge in [0.15, 0.2) is 0 Å². The van der Waals surface area contributed by atoms with E-state index >= 15 is 0 Å². The van der Waals surface area contributed by atoms with E-state index in [1.54, 1.807) is 6.07 Å². The Morgan fingerprint density at radius 1 is 1.33 bits per heavy atom. The fourth-order valence-electron chi connectivity index (χ4n) is 3.15. The fourth-order valence-corrected chi connectivity index (χ4v) is 4.65. The Morgan fingerprint density at radius 3 is 2.67 bits per heavy atom. The lowest BCUT2D eigenvalue weighted by molar-refractivity contribution is 0.0628. The average Bonchev–Trinajstić information content (AvgIpc) is 2.73. The highest BCUT2D eigenvalue weighted by Gasteiger charge is 2.28. The topological polar surface area (TPSA) is 20.3 Å². The molecule has 2 unspecified atom stereocenters. The standard InChI is InChI=1S/C16H17ClFNOS/c1-9-5-10(2)8-19(7-9)16(20)15-14(17)12-4-3-11(18)6-13(12)21-15/h3-4,6,9-10H,5,7-8H2,1-2H3. The van der Waals surface area contributed by atoms with Crippen LogP contribution in [-0.2, 0) is 0 Å². The number of amides is 1. The van der Waals surface area contributed by atoms with Crippen molar-refractivity contribution in [2.75, 3.05) is 13.1 Å². The minimum Gasteiger partial charge on any atom is -0.337 e. The van der Waals surface area contributed by atoms with Crippen molar-refractivity contribution in [2.24, 2.45) is 11.8 Å². The number of halogens is 2. The van der Waals surface area contributed by atoms with Gasteiger partial charge in [0.05, 0.1) is 5.02 Å². The van der Waals surface area contributed by atoms with Gasteiger partial charge in [0, 0.05) is 23.2 Å².